The summed E-state index contributed by atoms with van der Waals surface area (Å²) in [6.07, 6.45) is 3.00. The lowest BCUT2D eigenvalue weighted by molar-refractivity contribution is -0.0916. The molecule has 86 valence electrons. The van der Waals surface area contributed by atoms with E-state index in [2.05, 4.69) is 30.8 Å². The minimum Gasteiger partial charge on any atom is -0.384 e. The molecule has 1 fully saturated rings. The molecule has 1 aliphatic rings. The van der Waals surface area contributed by atoms with Crippen molar-refractivity contribution in [2.24, 2.45) is 5.73 Å². The van der Waals surface area contributed by atoms with Crippen molar-refractivity contribution in [3.05, 3.63) is 48.3 Å². The summed E-state index contributed by atoms with van der Waals surface area (Å²) in [7, 11) is 0. The molecule has 0 heterocycles. The van der Waals surface area contributed by atoms with Gasteiger partial charge < -0.3 is 5.73 Å². The molecule has 0 saturated heterocycles. The summed E-state index contributed by atoms with van der Waals surface area (Å²) in [6.45, 7) is 3.55. The Morgan fingerprint density at radius 2 is 2.00 bits per heavy atom. The molecule has 0 aromatic heterocycles. The highest BCUT2D eigenvalue weighted by atomic mass is 16.5. The van der Waals surface area contributed by atoms with Gasteiger partial charge in [0.15, 0.2) is 0 Å². The van der Waals surface area contributed by atoms with Gasteiger partial charge >= 0.3 is 0 Å². The maximum atomic E-state index is 9.70. The molecule has 1 aliphatic carbocycles. The minimum absolute atomic E-state index is 0.114. The van der Waals surface area contributed by atoms with Gasteiger partial charge in [-0.1, -0.05) is 36.9 Å². The summed E-state index contributed by atoms with van der Waals surface area (Å²) >= 11 is 0. The fraction of sp³-hybridized carbons (Fsp3) is 0.385. The summed E-state index contributed by atoms with van der Waals surface area (Å²) < 4.78 is 0. The first-order valence-electron chi connectivity index (χ1n) is 5.66. The second-order valence-corrected chi connectivity index (χ2v) is 4.41. The van der Waals surface area contributed by atoms with Crippen LogP contribution in [0.15, 0.2) is 42.7 Å². The summed E-state index contributed by atoms with van der Waals surface area (Å²) in [5, 5.41) is 10.8. The fourth-order valence-electron chi connectivity index (χ4n) is 2.44. The molecule has 2 rings (SSSR count). The van der Waals surface area contributed by atoms with Gasteiger partial charge in [-0.05, 0) is 30.7 Å². The van der Waals surface area contributed by atoms with E-state index in [4.69, 9.17) is 5.73 Å². The van der Waals surface area contributed by atoms with Crippen LogP contribution in [0.5, 0.6) is 0 Å². The zero-order chi connectivity index (χ0) is 11.5. The number of hydrogen-bond acceptors (Lipinski definition) is 3. The van der Waals surface area contributed by atoms with Crippen molar-refractivity contribution in [3.8, 4) is 0 Å². The molecule has 1 aromatic rings. The third-order valence-electron chi connectivity index (χ3n) is 3.32. The normalized spacial score (nSPS) is 24.3. The number of nitrogens with zero attached hydrogens (tertiary/aromatic N) is 1. The summed E-state index contributed by atoms with van der Waals surface area (Å²) in [4.78, 5) is 0. The zero-order valence-corrected chi connectivity index (χ0v) is 9.34. The van der Waals surface area contributed by atoms with E-state index >= 15 is 0 Å². The van der Waals surface area contributed by atoms with Gasteiger partial charge in [-0.25, -0.2) is 5.06 Å². The lowest BCUT2D eigenvalue weighted by Crippen LogP contribution is -2.32. The maximum absolute atomic E-state index is 9.70. The van der Waals surface area contributed by atoms with Crippen LogP contribution in [0, 0.1) is 0 Å². The Balaban J connectivity index is 2.01. The predicted octanol–water partition coefficient (Wildman–Crippen LogP) is 2.44. The van der Waals surface area contributed by atoms with E-state index in [1.807, 2.05) is 6.07 Å². The largest absolute Gasteiger partial charge is 0.384 e. The Kier molecular flexibility index (Phi) is 3.15. The molecular formula is C13H18N2O. The molecule has 1 aromatic carbocycles. The van der Waals surface area contributed by atoms with Gasteiger partial charge in [0.05, 0.1) is 6.04 Å². The fourth-order valence-corrected chi connectivity index (χ4v) is 2.44. The van der Waals surface area contributed by atoms with E-state index in [1.54, 1.807) is 0 Å². The minimum atomic E-state index is 0.114. The molecule has 0 spiro atoms. The molecule has 3 nitrogen and oxygen atoms in total. The number of benzene rings is 1. The monoisotopic (exact) mass is 218 g/mol. The van der Waals surface area contributed by atoms with E-state index in [1.165, 1.54) is 5.56 Å². The van der Waals surface area contributed by atoms with Crippen molar-refractivity contribution in [1.82, 2.24) is 5.06 Å². The standard InChI is InChI=1S/C13H18N2O/c1-10(14)15(16)13-8-7-12(9-13)11-5-3-2-4-6-11/h2-6,12-13,16H,1,7-9,14H2/t12-,13+/m0/s1. The summed E-state index contributed by atoms with van der Waals surface area (Å²) in [5.74, 6) is 0.763. The molecule has 0 unspecified atom stereocenters. The van der Waals surface area contributed by atoms with Crippen LogP contribution in [0.3, 0.4) is 0 Å². The second kappa shape index (κ2) is 4.58. The van der Waals surface area contributed by atoms with Gasteiger partial charge in [0.1, 0.15) is 5.82 Å². The molecule has 0 radical (unpaired) electrons. The molecule has 3 N–H and O–H groups in total. The Labute approximate surface area is 96.1 Å². The molecule has 16 heavy (non-hydrogen) atoms. The SMILES string of the molecule is C=C(N)N(O)[C@@H]1CC[C@H](c2ccccc2)C1. The number of nitrogens with two attached hydrogens (primary N) is 1. The first-order chi connectivity index (χ1) is 7.68. The van der Waals surface area contributed by atoms with Crippen LogP contribution >= 0.6 is 0 Å². The average Bonchev–Trinajstić information content (AvgIpc) is 2.78. The molecule has 1 saturated carbocycles. The van der Waals surface area contributed by atoms with Gasteiger partial charge in [0.2, 0.25) is 0 Å². The van der Waals surface area contributed by atoms with Crippen molar-refractivity contribution in [3.63, 3.8) is 0 Å². The third-order valence-corrected chi connectivity index (χ3v) is 3.32. The quantitative estimate of drug-likeness (QED) is 0.766. The lowest BCUT2D eigenvalue weighted by atomic mass is 9.98. The zero-order valence-electron chi connectivity index (χ0n) is 9.34. The van der Waals surface area contributed by atoms with E-state index in [9.17, 15) is 5.21 Å². The Morgan fingerprint density at radius 3 is 2.62 bits per heavy atom. The molecule has 0 aliphatic heterocycles. The second-order valence-electron chi connectivity index (χ2n) is 4.41. The first kappa shape index (κ1) is 11.0. The van der Waals surface area contributed by atoms with E-state index < -0.39 is 0 Å². The van der Waals surface area contributed by atoms with Gasteiger partial charge in [0, 0.05) is 0 Å². The Morgan fingerprint density at radius 1 is 1.31 bits per heavy atom. The van der Waals surface area contributed by atoms with E-state index in [0.717, 1.165) is 24.3 Å². The van der Waals surface area contributed by atoms with Gasteiger partial charge in [0.25, 0.3) is 0 Å². The van der Waals surface area contributed by atoms with Crippen LogP contribution in [0.1, 0.15) is 30.7 Å². The highest BCUT2D eigenvalue weighted by Crippen LogP contribution is 2.36. The van der Waals surface area contributed by atoms with Crippen LogP contribution < -0.4 is 5.73 Å². The molecule has 0 bridgehead atoms. The van der Waals surface area contributed by atoms with Crippen LogP contribution in [0.25, 0.3) is 0 Å². The summed E-state index contributed by atoms with van der Waals surface area (Å²) in [6, 6.07) is 10.5. The van der Waals surface area contributed by atoms with Crippen molar-refractivity contribution < 1.29 is 5.21 Å². The van der Waals surface area contributed by atoms with Crippen molar-refractivity contribution in [2.45, 2.75) is 31.2 Å². The van der Waals surface area contributed by atoms with Crippen molar-refractivity contribution >= 4 is 0 Å². The smallest absolute Gasteiger partial charge is 0.116 e. The first-order valence-corrected chi connectivity index (χ1v) is 5.66. The van der Waals surface area contributed by atoms with Gasteiger partial charge in [-0.3, -0.25) is 5.21 Å². The maximum Gasteiger partial charge on any atom is 0.116 e. The predicted molar refractivity (Wildman–Crippen MR) is 63.8 cm³/mol. The van der Waals surface area contributed by atoms with Gasteiger partial charge in [-0.15, -0.1) is 0 Å². The Bertz CT molecular complexity index is 363. The molecule has 3 heteroatoms. The number of rotatable bonds is 3. The third kappa shape index (κ3) is 2.19. The Hall–Kier alpha value is -1.48. The average molecular weight is 218 g/mol. The van der Waals surface area contributed by atoms with Crippen molar-refractivity contribution in [2.75, 3.05) is 0 Å². The number of hydroxylamine groups is 2. The molecular weight excluding hydrogens is 200 g/mol. The van der Waals surface area contributed by atoms with Crippen molar-refractivity contribution in [1.29, 1.82) is 0 Å². The molecule has 0 amide bonds. The van der Waals surface area contributed by atoms with Crippen LogP contribution in [0.2, 0.25) is 0 Å². The highest BCUT2D eigenvalue weighted by Gasteiger charge is 2.29. The lowest BCUT2D eigenvalue weighted by Gasteiger charge is -2.23. The van der Waals surface area contributed by atoms with Crippen LogP contribution in [-0.2, 0) is 0 Å². The summed E-state index contributed by atoms with van der Waals surface area (Å²) in [5.41, 5.74) is 6.83. The van der Waals surface area contributed by atoms with E-state index in [-0.39, 0.29) is 11.9 Å². The van der Waals surface area contributed by atoms with Crippen LogP contribution in [-0.4, -0.2) is 16.3 Å². The number of hydrogen-bond donors (Lipinski definition) is 2. The topological polar surface area (TPSA) is 49.5 Å². The van der Waals surface area contributed by atoms with E-state index in [0.29, 0.717) is 5.92 Å². The molecule has 2 atom stereocenters. The van der Waals surface area contributed by atoms with Gasteiger partial charge in [-0.2, -0.15) is 0 Å². The highest BCUT2D eigenvalue weighted by molar-refractivity contribution is 5.21. The van der Waals surface area contributed by atoms with Crippen LogP contribution in [0.4, 0.5) is 0 Å².